The minimum Gasteiger partial charge on any atom is -0.494 e. The molecular weight excluding hydrogens is 433 g/mol. The molecule has 33 heavy (non-hydrogen) atoms. The number of carbonyl (C=O) groups excluding carboxylic acids is 1. The lowest BCUT2D eigenvalue weighted by atomic mass is 10.1. The first-order chi connectivity index (χ1) is 15.8. The van der Waals surface area contributed by atoms with E-state index in [0.717, 1.165) is 41.9 Å². The number of benzene rings is 3. The molecule has 0 spiro atoms. The van der Waals surface area contributed by atoms with E-state index in [2.05, 4.69) is 23.5 Å². The minimum absolute atomic E-state index is 0.0931. The summed E-state index contributed by atoms with van der Waals surface area (Å²) in [5, 5.41) is 0. The normalized spacial score (nSPS) is 10.7. The summed E-state index contributed by atoms with van der Waals surface area (Å²) < 4.78 is 51.3. The maximum atomic E-state index is 12.2. The van der Waals surface area contributed by atoms with Crippen LogP contribution in [0.25, 0.3) is 0 Å². The van der Waals surface area contributed by atoms with Crippen LogP contribution in [0.5, 0.6) is 17.2 Å². The predicted molar refractivity (Wildman–Crippen MR) is 117 cm³/mol. The van der Waals surface area contributed by atoms with E-state index < -0.39 is 18.1 Å². The van der Waals surface area contributed by atoms with Crippen LogP contribution in [0.1, 0.15) is 41.3 Å². The molecule has 0 atom stereocenters. The van der Waals surface area contributed by atoms with Gasteiger partial charge >= 0.3 is 12.3 Å². The molecule has 0 heterocycles. The quantitative estimate of drug-likeness (QED) is 0.180. The van der Waals surface area contributed by atoms with E-state index in [4.69, 9.17) is 9.47 Å². The Bertz CT molecular complexity index is 1110. The Morgan fingerprint density at radius 3 is 1.82 bits per heavy atom. The highest BCUT2D eigenvalue weighted by molar-refractivity contribution is 5.91. The summed E-state index contributed by atoms with van der Waals surface area (Å²) in [7, 11) is 0. The number of hydrogen-bond acceptors (Lipinski definition) is 4. The van der Waals surface area contributed by atoms with Crippen molar-refractivity contribution in [2.45, 2.75) is 26.1 Å². The van der Waals surface area contributed by atoms with Gasteiger partial charge in [0.15, 0.2) is 0 Å². The fraction of sp³-hybridized carbons (Fsp3) is 0.192. The lowest BCUT2D eigenvalue weighted by molar-refractivity contribution is -0.274. The van der Waals surface area contributed by atoms with Gasteiger partial charge in [-0.05, 0) is 79.2 Å². The number of esters is 1. The van der Waals surface area contributed by atoms with E-state index in [-0.39, 0.29) is 11.3 Å². The van der Waals surface area contributed by atoms with Crippen molar-refractivity contribution in [2.75, 3.05) is 6.61 Å². The number of carbonyl (C=O) groups is 1. The number of halogens is 3. The molecule has 3 rings (SSSR count). The van der Waals surface area contributed by atoms with Crippen LogP contribution >= 0.6 is 0 Å². The van der Waals surface area contributed by atoms with Crippen LogP contribution in [-0.4, -0.2) is 18.9 Å². The standard InChI is InChI=1S/C26H21F3O4/c1-2-3-18-31-22-12-6-19(7-13-22)4-5-20-8-14-23(15-9-20)32-25(30)21-10-16-24(17-11-21)33-26(27,28)29/h6-17H,2-3,18H2,1H3. The summed E-state index contributed by atoms with van der Waals surface area (Å²) in [6, 6.07) is 18.6. The van der Waals surface area contributed by atoms with Crippen LogP contribution < -0.4 is 14.2 Å². The van der Waals surface area contributed by atoms with Gasteiger partial charge in [0.05, 0.1) is 12.2 Å². The molecule has 0 saturated carbocycles. The lowest BCUT2D eigenvalue weighted by Gasteiger charge is -2.09. The number of ether oxygens (including phenoxy) is 3. The molecule has 3 aromatic carbocycles. The fourth-order valence-electron chi connectivity index (χ4n) is 2.68. The maximum absolute atomic E-state index is 12.2. The van der Waals surface area contributed by atoms with Crippen LogP contribution in [0.4, 0.5) is 13.2 Å². The number of alkyl halides is 3. The third kappa shape index (κ3) is 7.93. The Morgan fingerprint density at radius 2 is 1.30 bits per heavy atom. The largest absolute Gasteiger partial charge is 0.573 e. The van der Waals surface area contributed by atoms with Gasteiger partial charge in [0, 0.05) is 11.1 Å². The smallest absolute Gasteiger partial charge is 0.494 e. The molecule has 0 aromatic heterocycles. The van der Waals surface area contributed by atoms with Crippen LogP contribution in [0, 0.1) is 11.8 Å². The average molecular weight is 454 g/mol. The molecule has 3 aromatic rings. The second-order valence-corrected chi connectivity index (χ2v) is 6.96. The summed E-state index contributed by atoms with van der Waals surface area (Å²) in [6.45, 7) is 2.80. The number of rotatable bonds is 7. The van der Waals surface area contributed by atoms with Gasteiger partial charge in [-0.3, -0.25) is 0 Å². The van der Waals surface area contributed by atoms with Crippen LogP contribution in [0.3, 0.4) is 0 Å². The highest BCUT2D eigenvalue weighted by atomic mass is 19.4. The van der Waals surface area contributed by atoms with Gasteiger partial charge in [-0.15, -0.1) is 13.2 Å². The van der Waals surface area contributed by atoms with E-state index >= 15 is 0 Å². The Hall–Kier alpha value is -3.92. The summed E-state index contributed by atoms with van der Waals surface area (Å²) in [5.74, 6) is 6.07. The molecule has 0 amide bonds. The molecule has 170 valence electrons. The van der Waals surface area contributed by atoms with Crippen molar-refractivity contribution < 1.29 is 32.2 Å². The van der Waals surface area contributed by atoms with E-state index in [1.165, 1.54) is 12.1 Å². The molecule has 0 unspecified atom stereocenters. The van der Waals surface area contributed by atoms with E-state index in [1.54, 1.807) is 24.3 Å². The van der Waals surface area contributed by atoms with E-state index in [0.29, 0.717) is 6.61 Å². The molecule has 0 aliphatic heterocycles. The molecule has 0 aliphatic carbocycles. The summed E-state index contributed by atoms with van der Waals surface area (Å²) in [4.78, 5) is 12.2. The molecular formula is C26H21F3O4. The van der Waals surface area contributed by atoms with Crippen molar-refractivity contribution in [2.24, 2.45) is 0 Å². The lowest BCUT2D eigenvalue weighted by Crippen LogP contribution is -2.17. The molecule has 0 radical (unpaired) electrons. The average Bonchev–Trinajstić information content (AvgIpc) is 2.79. The first kappa shape index (κ1) is 23.7. The second kappa shape index (κ2) is 11.1. The maximum Gasteiger partial charge on any atom is 0.573 e. The van der Waals surface area contributed by atoms with Crippen molar-refractivity contribution >= 4 is 5.97 Å². The molecule has 0 N–H and O–H groups in total. The van der Waals surface area contributed by atoms with Gasteiger partial charge in [0.25, 0.3) is 0 Å². The minimum atomic E-state index is -4.79. The molecule has 0 saturated heterocycles. The van der Waals surface area contributed by atoms with E-state index in [1.807, 2.05) is 24.3 Å². The molecule has 0 aliphatic rings. The zero-order valence-corrected chi connectivity index (χ0v) is 17.8. The third-order valence-electron chi connectivity index (χ3n) is 4.36. The molecule has 0 fully saturated rings. The highest BCUT2D eigenvalue weighted by Crippen LogP contribution is 2.23. The van der Waals surface area contributed by atoms with Crippen LogP contribution in [0.15, 0.2) is 72.8 Å². The van der Waals surface area contributed by atoms with Gasteiger partial charge in [0.2, 0.25) is 0 Å². The Balaban J connectivity index is 1.56. The van der Waals surface area contributed by atoms with E-state index in [9.17, 15) is 18.0 Å². The highest BCUT2D eigenvalue weighted by Gasteiger charge is 2.31. The van der Waals surface area contributed by atoms with Crippen molar-refractivity contribution in [3.05, 3.63) is 89.5 Å². The van der Waals surface area contributed by atoms with Gasteiger partial charge in [0.1, 0.15) is 17.2 Å². The Morgan fingerprint density at radius 1 is 0.788 bits per heavy atom. The van der Waals surface area contributed by atoms with Crippen LogP contribution in [0.2, 0.25) is 0 Å². The monoisotopic (exact) mass is 454 g/mol. The van der Waals surface area contributed by atoms with Gasteiger partial charge in [-0.2, -0.15) is 0 Å². The van der Waals surface area contributed by atoms with Gasteiger partial charge in [-0.1, -0.05) is 25.2 Å². The zero-order chi connectivity index (χ0) is 23.7. The summed E-state index contributed by atoms with van der Waals surface area (Å²) >= 11 is 0. The number of hydrogen-bond donors (Lipinski definition) is 0. The van der Waals surface area contributed by atoms with Crippen molar-refractivity contribution in [1.29, 1.82) is 0 Å². The third-order valence-corrected chi connectivity index (χ3v) is 4.36. The molecule has 0 bridgehead atoms. The molecule has 7 heteroatoms. The number of unbranched alkanes of at least 4 members (excludes halogenated alkanes) is 1. The van der Waals surface area contributed by atoms with Crippen LogP contribution in [-0.2, 0) is 0 Å². The van der Waals surface area contributed by atoms with Gasteiger partial charge < -0.3 is 14.2 Å². The fourth-order valence-corrected chi connectivity index (χ4v) is 2.68. The summed E-state index contributed by atoms with van der Waals surface area (Å²) in [6.07, 6.45) is -2.70. The predicted octanol–water partition coefficient (Wildman–Crippen LogP) is 6.38. The first-order valence-corrected chi connectivity index (χ1v) is 10.3. The summed E-state index contributed by atoms with van der Waals surface area (Å²) in [5.41, 5.74) is 1.66. The second-order valence-electron chi connectivity index (χ2n) is 6.96. The Labute approximate surface area is 189 Å². The van der Waals surface area contributed by atoms with Gasteiger partial charge in [-0.25, -0.2) is 4.79 Å². The first-order valence-electron chi connectivity index (χ1n) is 10.3. The SMILES string of the molecule is CCCCOc1ccc(C#Cc2ccc(OC(=O)c3ccc(OC(F)(F)F)cc3)cc2)cc1. The van der Waals surface area contributed by atoms with Crippen molar-refractivity contribution in [1.82, 2.24) is 0 Å². The Kier molecular flexibility index (Phi) is 7.98. The topological polar surface area (TPSA) is 44.8 Å². The van der Waals surface area contributed by atoms with Crippen molar-refractivity contribution in [3.63, 3.8) is 0 Å². The zero-order valence-electron chi connectivity index (χ0n) is 17.8. The molecule has 4 nitrogen and oxygen atoms in total. The van der Waals surface area contributed by atoms with Crippen molar-refractivity contribution in [3.8, 4) is 29.1 Å².